The third-order valence-corrected chi connectivity index (χ3v) is 4.22. The lowest BCUT2D eigenvalue weighted by molar-refractivity contribution is 0.144. The summed E-state index contributed by atoms with van der Waals surface area (Å²) in [5.41, 5.74) is 1.84. The third kappa shape index (κ3) is 5.01. The summed E-state index contributed by atoms with van der Waals surface area (Å²) in [4.78, 5) is 5.80. The Balaban J connectivity index is 2.27. The monoisotopic (exact) mass is 337 g/mol. The van der Waals surface area contributed by atoms with Crippen LogP contribution in [0.4, 0.5) is 4.39 Å². The van der Waals surface area contributed by atoms with Crippen LogP contribution in [0.15, 0.2) is 18.2 Å². The predicted octanol–water partition coefficient (Wildman–Crippen LogP) is 4.87. The number of rotatable bonds is 6. The lowest BCUT2D eigenvalue weighted by Crippen LogP contribution is -2.08. The number of hydrogen-bond acceptors (Lipinski definition) is 4. The van der Waals surface area contributed by atoms with Crippen LogP contribution in [0.2, 0.25) is 0 Å². The van der Waals surface area contributed by atoms with Gasteiger partial charge in [-0.1, -0.05) is 20.8 Å². The maximum Gasteiger partial charge on any atom is 0.165 e. The quantitative estimate of drug-likeness (QED) is 0.705. The second-order valence-corrected chi connectivity index (χ2v) is 8.02. The fourth-order valence-electron chi connectivity index (χ4n) is 2.30. The number of nitrogens with zero attached hydrogens (tertiary/aromatic N) is 1. The van der Waals surface area contributed by atoms with E-state index in [2.05, 4.69) is 25.8 Å². The summed E-state index contributed by atoms with van der Waals surface area (Å²) in [6.45, 7) is 9.33. The molecule has 1 heterocycles. The molecule has 126 valence electrons. The first-order valence-electron chi connectivity index (χ1n) is 7.68. The summed E-state index contributed by atoms with van der Waals surface area (Å²) in [6.07, 6.45) is 0.918. The third-order valence-electron chi connectivity index (χ3n) is 3.25. The van der Waals surface area contributed by atoms with E-state index in [9.17, 15) is 4.39 Å². The molecule has 0 aliphatic carbocycles. The van der Waals surface area contributed by atoms with Crippen molar-refractivity contribution in [3.8, 4) is 17.0 Å². The molecule has 1 aromatic heterocycles. The Morgan fingerprint density at radius 1 is 1.22 bits per heavy atom. The minimum absolute atomic E-state index is 0.162. The first-order valence-corrected chi connectivity index (χ1v) is 8.50. The Kier molecular flexibility index (Phi) is 5.76. The van der Waals surface area contributed by atoms with Crippen LogP contribution < -0.4 is 4.74 Å². The first kappa shape index (κ1) is 17.9. The van der Waals surface area contributed by atoms with Gasteiger partial charge in [-0.25, -0.2) is 9.37 Å². The molecule has 0 saturated carbocycles. The van der Waals surface area contributed by atoms with Crippen molar-refractivity contribution in [2.75, 3.05) is 20.3 Å². The highest BCUT2D eigenvalue weighted by Crippen LogP contribution is 2.34. The van der Waals surface area contributed by atoms with Crippen LogP contribution in [0.5, 0.6) is 5.75 Å². The van der Waals surface area contributed by atoms with E-state index >= 15 is 0 Å². The molecule has 0 amide bonds. The number of methoxy groups -OCH3 is 1. The molecule has 0 aliphatic heterocycles. The van der Waals surface area contributed by atoms with Crippen molar-refractivity contribution in [1.29, 1.82) is 0 Å². The highest BCUT2D eigenvalue weighted by Gasteiger charge is 2.19. The van der Waals surface area contributed by atoms with E-state index in [0.717, 1.165) is 22.7 Å². The molecular weight excluding hydrogens is 313 g/mol. The van der Waals surface area contributed by atoms with E-state index < -0.39 is 0 Å². The zero-order chi connectivity index (χ0) is 17.0. The molecule has 0 spiro atoms. The number of thiazole rings is 1. The topological polar surface area (TPSA) is 31.4 Å². The fraction of sp³-hybridized carbons (Fsp3) is 0.500. The van der Waals surface area contributed by atoms with Crippen molar-refractivity contribution in [2.45, 2.75) is 34.1 Å². The predicted molar refractivity (Wildman–Crippen MR) is 92.8 cm³/mol. The molecule has 0 atom stereocenters. The standard InChI is InChI=1S/C18H24FNO2S/c1-12-20-17(16(23-12)11-18(2,3)4)13-6-7-15(14(19)10-13)22-9-8-21-5/h6-7,10H,8-9,11H2,1-5H3. The molecule has 0 fully saturated rings. The van der Waals surface area contributed by atoms with Crippen molar-refractivity contribution in [1.82, 2.24) is 4.98 Å². The van der Waals surface area contributed by atoms with Crippen molar-refractivity contribution in [3.63, 3.8) is 0 Å². The number of benzene rings is 1. The largest absolute Gasteiger partial charge is 0.488 e. The van der Waals surface area contributed by atoms with Gasteiger partial charge in [-0.05, 0) is 37.0 Å². The summed E-state index contributed by atoms with van der Waals surface area (Å²) < 4.78 is 24.5. The van der Waals surface area contributed by atoms with E-state index in [-0.39, 0.29) is 17.0 Å². The van der Waals surface area contributed by atoms with Gasteiger partial charge >= 0.3 is 0 Å². The number of aryl methyl sites for hydroxylation is 1. The minimum Gasteiger partial charge on any atom is -0.488 e. The van der Waals surface area contributed by atoms with Gasteiger partial charge < -0.3 is 9.47 Å². The Morgan fingerprint density at radius 3 is 2.57 bits per heavy atom. The van der Waals surface area contributed by atoms with Gasteiger partial charge in [-0.2, -0.15) is 0 Å². The van der Waals surface area contributed by atoms with Crippen molar-refractivity contribution >= 4 is 11.3 Å². The van der Waals surface area contributed by atoms with Gasteiger partial charge in [0.2, 0.25) is 0 Å². The molecule has 2 aromatic rings. The molecule has 3 nitrogen and oxygen atoms in total. The van der Waals surface area contributed by atoms with Crippen LogP contribution in [0.3, 0.4) is 0 Å². The number of hydrogen-bond donors (Lipinski definition) is 0. The first-order chi connectivity index (χ1) is 10.8. The van der Waals surface area contributed by atoms with Crippen LogP contribution in [0.1, 0.15) is 30.7 Å². The minimum atomic E-state index is -0.369. The van der Waals surface area contributed by atoms with Gasteiger partial charge in [0.15, 0.2) is 11.6 Å². The van der Waals surface area contributed by atoms with E-state index in [1.54, 1.807) is 24.5 Å². The van der Waals surface area contributed by atoms with Gasteiger partial charge in [0, 0.05) is 17.6 Å². The fourth-order valence-corrected chi connectivity index (χ4v) is 3.56. The molecule has 0 radical (unpaired) electrons. The van der Waals surface area contributed by atoms with E-state index in [1.807, 2.05) is 13.0 Å². The Labute approximate surface area is 141 Å². The van der Waals surface area contributed by atoms with Crippen molar-refractivity contribution in [3.05, 3.63) is 33.9 Å². The summed E-state index contributed by atoms with van der Waals surface area (Å²) >= 11 is 1.68. The Bertz CT molecular complexity index is 662. The zero-order valence-electron chi connectivity index (χ0n) is 14.4. The molecule has 1 aromatic carbocycles. The zero-order valence-corrected chi connectivity index (χ0v) is 15.2. The highest BCUT2D eigenvalue weighted by atomic mass is 32.1. The number of aromatic nitrogens is 1. The van der Waals surface area contributed by atoms with Crippen molar-refractivity contribution < 1.29 is 13.9 Å². The molecule has 0 bridgehead atoms. The Hall–Kier alpha value is -1.46. The van der Waals surface area contributed by atoms with Crippen molar-refractivity contribution in [2.24, 2.45) is 5.41 Å². The Morgan fingerprint density at radius 2 is 1.96 bits per heavy atom. The van der Waals surface area contributed by atoms with Gasteiger partial charge in [0.1, 0.15) is 6.61 Å². The maximum absolute atomic E-state index is 14.2. The van der Waals surface area contributed by atoms with Crippen LogP contribution in [0.25, 0.3) is 11.3 Å². The molecular formula is C18H24FNO2S. The van der Waals surface area contributed by atoms with Gasteiger partial charge in [0.05, 0.1) is 17.3 Å². The lowest BCUT2D eigenvalue weighted by atomic mass is 9.90. The van der Waals surface area contributed by atoms with E-state index in [0.29, 0.717) is 13.2 Å². The lowest BCUT2D eigenvalue weighted by Gasteiger charge is -2.17. The molecule has 23 heavy (non-hydrogen) atoms. The van der Waals surface area contributed by atoms with Crippen LogP contribution in [0, 0.1) is 18.2 Å². The van der Waals surface area contributed by atoms with Crippen LogP contribution in [-0.2, 0) is 11.2 Å². The second-order valence-electron chi connectivity index (χ2n) is 6.73. The summed E-state index contributed by atoms with van der Waals surface area (Å²) in [5, 5.41) is 1.00. The normalized spacial score (nSPS) is 11.7. The molecule has 0 aliphatic rings. The summed E-state index contributed by atoms with van der Waals surface area (Å²) in [6, 6.07) is 5.03. The second kappa shape index (κ2) is 7.41. The number of ether oxygens (including phenoxy) is 2. The summed E-state index contributed by atoms with van der Waals surface area (Å²) in [5.74, 6) is -0.124. The summed E-state index contributed by atoms with van der Waals surface area (Å²) in [7, 11) is 1.59. The van der Waals surface area contributed by atoms with Crippen LogP contribution >= 0.6 is 11.3 Å². The average molecular weight is 337 g/mol. The van der Waals surface area contributed by atoms with Gasteiger partial charge in [-0.3, -0.25) is 0 Å². The molecule has 5 heteroatoms. The highest BCUT2D eigenvalue weighted by molar-refractivity contribution is 7.12. The van der Waals surface area contributed by atoms with Gasteiger partial charge in [-0.15, -0.1) is 11.3 Å². The van der Waals surface area contributed by atoms with E-state index in [4.69, 9.17) is 9.47 Å². The SMILES string of the molecule is COCCOc1ccc(-c2nc(C)sc2CC(C)(C)C)cc1F. The molecule has 0 saturated heterocycles. The van der Waals surface area contributed by atoms with E-state index in [1.165, 1.54) is 10.9 Å². The van der Waals surface area contributed by atoms with Gasteiger partial charge in [0.25, 0.3) is 0 Å². The van der Waals surface area contributed by atoms with Crippen LogP contribution in [-0.4, -0.2) is 25.3 Å². The number of halogens is 1. The smallest absolute Gasteiger partial charge is 0.165 e. The molecule has 2 rings (SSSR count). The molecule has 0 unspecified atom stereocenters. The maximum atomic E-state index is 14.2. The molecule has 0 N–H and O–H groups in total. The average Bonchev–Trinajstić information content (AvgIpc) is 2.79.